The fourth-order valence-electron chi connectivity index (χ4n) is 3.88. The Balaban J connectivity index is 1.39. The summed E-state index contributed by atoms with van der Waals surface area (Å²) in [7, 11) is 0. The molecule has 26 heavy (non-hydrogen) atoms. The van der Waals surface area contributed by atoms with Gasteiger partial charge in [-0.25, -0.2) is 0 Å². The monoisotopic (exact) mass is 350 g/mol. The summed E-state index contributed by atoms with van der Waals surface area (Å²) in [6, 6.07) is 12.4. The number of hydrogen-bond donors (Lipinski definition) is 2. The number of nitrogens with one attached hydrogen (secondary N) is 2. The molecule has 2 aromatic rings. The maximum atomic E-state index is 12.5. The van der Waals surface area contributed by atoms with Crippen molar-refractivity contribution in [2.75, 3.05) is 28.6 Å². The van der Waals surface area contributed by atoms with Crippen LogP contribution in [0.5, 0.6) is 0 Å². The Bertz CT molecular complexity index is 747. The summed E-state index contributed by atoms with van der Waals surface area (Å²) in [5.74, 6) is -0.172. The van der Waals surface area contributed by atoms with Crippen LogP contribution in [0.15, 0.2) is 42.6 Å². The molecule has 0 atom stereocenters. The second-order valence-corrected chi connectivity index (χ2v) is 7.25. The second kappa shape index (κ2) is 7.77. The molecule has 2 heterocycles. The zero-order valence-electron chi connectivity index (χ0n) is 15.1. The predicted octanol–water partition coefficient (Wildman–Crippen LogP) is 4.29. The van der Waals surface area contributed by atoms with Gasteiger partial charge in [0.15, 0.2) is 0 Å². The summed E-state index contributed by atoms with van der Waals surface area (Å²) in [4.78, 5) is 19.1. The third kappa shape index (κ3) is 3.98. The highest BCUT2D eigenvalue weighted by Crippen LogP contribution is 2.24. The molecule has 136 valence electrons. The Morgan fingerprint density at radius 2 is 1.69 bits per heavy atom. The first-order valence-electron chi connectivity index (χ1n) is 9.67. The van der Waals surface area contributed by atoms with Gasteiger partial charge in [-0.15, -0.1) is 0 Å². The van der Waals surface area contributed by atoms with Crippen LogP contribution in [0.4, 0.5) is 17.1 Å². The molecule has 1 aliphatic heterocycles. The first-order valence-corrected chi connectivity index (χ1v) is 9.67. The molecule has 1 aromatic heterocycles. The Morgan fingerprint density at radius 1 is 0.962 bits per heavy atom. The number of aromatic nitrogens is 1. The van der Waals surface area contributed by atoms with Crippen molar-refractivity contribution in [2.45, 2.75) is 44.6 Å². The number of carbonyl (C=O) groups is 1. The van der Waals surface area contributed by atoms with Crippen molar-refractivity contribution in [1.82, 2.24) is 4.98 Å². The van der Waals surface area contributed by atoms with Crippen molar-refractivity contribution in [3.8, 4) is 0 Å². The zero-order valence-corrected chi connectivity index (χ0v) is 15.1. The number of pyridine rings is 1. The first-order chi connectivity index (χ1) is 12.8. The molecule has 2 aliphatic rings. The highest BCUT2D eigenvalue weighted by Gasteiger charge is 2.16. The lowest BCUT2D eigenvalue weighted by molar-refractivity contribution is 0.102. The van der Waals surface area contributed by atoms with E-state index in [9.17, 15) is 4.79 Å². The lowest BCUT2D eigenvalue weighted by Gasteiger charge is -2.17. The molecule has 1 amide bonds. The van der Waals surface area contributed by atoms with E-state index in [1.165, 1.54) is 44.2 Å². The van der Waals surface area contributed by atoms with Gasteiger partial charge in [0.1, 0.15) is 5.69 Å². The van der Waals surface area contributed by atoms with Crippen LogP contribution in [0.1, 0.15) is 49.0 Å². The van der Waals surface area contributed by atoms with E-state index in [4.69, 9.17) is 0 Å². The van der Waals surface area contributed by atoms with Crippen molar-refractivity contribution in [2.24, 2.45) is 0 Å². The van der Waals surface area contributed by atoms with Crippen molar-refractivity contribution in [3.05, 3.63) is 48.3 Å². The van der Waals surface area contributed by atoms with E-state index < -0.39 is 0 Å². The molecular weight excluding hydrogens is 324 g/mol. The van der Waals surface area contributed by atoms with E-state index in [1.807, 2.05) is 24.3 Å². The van der Waals surface area contributed by atoms with E-state index in [0.29, 0.717) is 11.7 Å². The van der Waals surface area contributed by atoms with Gasteiger partial charge in [0.2, 0.25) is 0 Å². The predicted molar refractivity (Wildman–Crippen MR) is 106 cm³/mol. The maximum absolute atomic E-state index is 12.5. The third-order valence-corrected chi connectivity index (χ3v) is 5.31. The lowest BCUT2D eigenvalue weighted by atomic mass is 10.2. The van der Waals surface area contributed by atoms with Gasteiger partial charge in [-0.3, -0.25) is 9.78 Å². The molecule has 0 bridgehead atoms. The van der Waals surface area contributed by atoms with E-state index >= 15 is 0 Å². The van der Waals surface area contributed by atoms with E-state index in [1.54, 1.807) is 6.20 Å². The van der Waals surface area contributed by atoms with E-state index in [2.05, 4.69) is 32.7 Å². The fraction of sp³-hybridized carbons (Fsp3) is 0.429. The van der Waals surface area contributed by atoms with Crippen LogP contribution in [0.25, 0.3) is 0 Å². The standard InChI is InChI=1S/C21H26N4O/c26-21(20-15-18(11-12-22-20)23-16-5-1-2-6-16)24-17-7-9-19(10-8-17)25-13-3-4-14-25/h7-12,15-16H,1-6,13-14H2,(H,22,23)(H,24,26). The largest absolute Gasteiger partial charge is 0.382 e. The van der Waals surface area contributed by atoms with E-state index in [-0.39, 0.29) is 5.91 Å². The van der Waals surface area contributed by atoms with Crippen LogP contribution in [-0.2, 0) is 0 Å². The summed E-state index contributed by atoms with van der Waals surface area (Å²) < 4.78 is 0. The molecule has 2 N–H and O–H groups in total. The van der Waals surface area contributed by atoms with Gasteiger partial charge < -0.3 is 15.5 Å². The minimum atomic E-state index is -0.172. The maximum Gasteiger partial charge on any atom is 0.274 e. The molecule has 1 saturated carbocycles. The second-order valence-electron chi connectivity index (χ2n) is 7.25. The molecule has 5 nitrogen and oxygen atoms in total. The fourth-order valence-corrected chi connectivity index (χ4v) is 3.88. The Morgan fingerprint density at radius 3 is 2.42 bits per heavy atom. The minimum Gasteiger partial charge on any atom is -0.382 e. The van der Waals surface area contributed by atoms with Gasteiger partial charge in [-0.05, 0) is 62.1 Å². The summed E-state index contributed by atoms with van der Waals surface area (Å²) >= 11 is 0. The molecule has 1 aromatic carbocycles. The van der Waals surface area contributed by atoms with Crippen LogP contribution in [0.3, 0.4) is 0 Å². The van der Waals surface area contributed by atoms with Crippen LogP contribution >= 0.6 is 0 Å². The van der Waals surface area contributed by atoms with Gasteiger partial charge in [0.05, 0.1) is 0 Å². The number of amides is 1. The van der Waals surface area contributed by atoms with Gasteiger partial charge in [0, 0.05) is 42.4 Å². The van der Waals surface area contributed by atoms with Gasteiger partial charge >= 0.3 is 0 Å². The van der Waals surface area contributed by atoms with Crippen LogP contribution < -0.4 is 15.5 Å². The van der Waals surface area contributed by atoms with E-state index in [0.717, 1.165) is 24.5 Å². The van der Waals surface area contributed by atoms with Crippen molar-refractivity contribution in [3.63, 3.8) is 0 Å². The summed E-state index contributed by atoms with van der Waals surface area (Å²) in [6.45, 7) is 2.24. The molecule has 5 heteroatoms. The number of carbonyl (C=O) groups excluding carboxylic acids is 1. The van der Waals surface area contributed by atoms with Crippen LogP contribution in [0.2, 0.25) is 0 Å². The Labute approximate surface area is 154 Å². The Kier molecular flexibility index (Phi) is 5.04. The zero-order chi connectivity index (χ0) is 17.8. The summed E-state index contributed by atoms with van der Waals surface area (Å²) in [5.41, 5.74) is 3.44. The van der Waals surface area contributed by atoms with Crippen LogP contribution in [0, 0.1) is 0 Å². The molecule has 0 radical (unpaired) electrons. The summed E-state index contributed by atoms with van der Waals surface area (Å²) in [5, 5.41) is 6.46. The number of hydrogen-bond acceptors (Lipinski definition) is 4. The topological polar surface area (TPSA) is 57.3 Å². The van der Waals surface area contributed by atoms with Crippen molar-refractivity contribution < 1.29 is 4.79 Å². The van der Waals surface area contributed by atoms with Gasteiger partial charge in [-0.2, -0.15) is 0 Å². The van der Waals surface area contributed by atoms with Crippen molar-refractivity contribution >= 4 is 23.0 Å². The Hall–Kier alpha value is -2.56. The molecule has 1 saturated heterocycles. The average molecular weight is 350 g/mol. The number of anilines is 3. The number of rotatable bonds is 5. The molecule has 4 rings (SSSR count). The lowest BCUT2D eigenvalue weighted by Crippen LogP contribution is -2.18. The smallest absolute Gasteiger partial charge is 0.274 e. The molecule has 0 spiro atoms. The van der Waals surface area contributed by atoms with Gasteiger partial charge in [0.25, 0.3) is 5.91 Å². The first kappa shape index (κ1) is 16.9. The normalized spacial score (nSPS) is 17.5. The SMILES string of the molecule is O=C(Nc1ccc(N2CCCC2)cc1)c1cc(NC2CCCC2)ccn1. The minimum absolute atomic E-state index is 0.172. The molecule has 0 unspecified atom stereocenters. The molecule has 2 fully saturated rings. The number of benzene rings is 1. The molecular formula is C21H26N4O. The highest BCUT2D eigenvalue weighted by atomic mass is 16.1. The average Bonchev–Trinajstić information content (AvgIpc) is 3.36. The highest BCUT2D eigenvalue weighted by molar-refractivity contribution is 6.03. The van der Waals surface area contributed by atoms with Crippen LogP contribution in [-0.4, -0.2) is 30.0 Å². The van der Waals surface area contributed by atoms with Crippen molar-refractivity contribution in [1.29, 1.82) is 0 Å². The quantitative estimate of drug-likeness (QED) is 0.845. The molecule has 1 aliphatic carbocycles. The summed E-state index contributed by atoms with van der Waals surface area (Å²) in [6.07, 6.45) is 9.18. The van der Waals surface area contributed by atoms with Gasteiger partial charge in [-0.1, -0.05) is 12.8 Å². The third-order valence-electron chi connectivity index (χ3n) is 5.31. The number of nitrogens with zero attached hydrogens (tertiary/aromatic N) is 2.